The van der Waals surface area contributed by atoms with Crippen LogP contribution in [0, 0.1) is 0 Å². The molecule has 0 saturated heterocycles. The van der Waals surface area contributed by atoms with Gasteiger partial charge in [0, 0.05) is 0 Å². The standard InChI is InChI=1S/C6H9F3O3S/c1-2-3-4-5-12-13(10,11)6(7,8)9/h2H,1,3-5H2. The second-order valence-electron chi connectivity index (χ2n) is 2.15. The molecule has 0 heterocycles. The Morgan fingerprint density at radius 3 is 2.31 bits per heavy atom. The molecule has 0 spiro atoms. The molecule has 0 fully saturated rings. The lowest BCUT2D eigenvalue weighted by Gasteiger charge is -2.07. The molecule has 7 heteroatoms. The van der Waals surface area contributed by atoms with Crippen molar-refractivity contribution in [2.24, 2.45) is 0 Å². The van der Waals surface area contributed by atoms with Gasteiger partial charge in [-0.3, -0.25) is 4.18 Å². The minimum atomic E-state index is -5.41. The number of unbranched alkanes of at least 4 members (excludes halogenated alkanes) is 1. The molecule has 3 nitrogen and oxygen atoms in total. The van der Waals surface area contributed by atoms with Gasteiger partial charge in [0.15, 0.2) is 0 Å². The first-order valence-corrected chi connectivity index (χ1v) is 4.78. The molecule has 0 radical (unpaired) electrons. The van der Waals surface area contributed by atoms with Crippen LogP contribution < -0.4 is 0 Å². The minimum absolute atomic E-state index is 0.193. The van der Waals surface area contributed by atoms with Gasteiger partial charge in [0.1, 0.15) is 0 Å². The lowest BCUT2D eigenvalue weighted by atomic mass is 10.3. The van der Waals surface area contributed by atoms with Gasteiger partial charge in [-0.15, -0.1) is 6.58 Å². The molecule has 0 aliphatic heterocycles. The maximum Gasteiger partial charge on any atom is 0.523 e. The monoisotopic (exact) mass is 218 g/mol. The molecule has 0 aromatic heterocycles. The number of alkyl halides is 3. The van der Waals surface area contributed by atoms with Crippen LogP contribution in [0.4, 0.5) is 13.2 Å². The highest BCUT2D eigenvalue weighted by atomic mass is 32.2. The minimum Gasteiger partial charge on any atom is -0.263 e. The van der Waals surface area contributed by atoms with Crippen molar-refractivity contribution in [1.29, 1.82) is 0 Å². The summed E-state index contributed by atoms with van der Waals surface area (Å²) in [5, 5.41) is 0. The van der Waals surface area contributed by atoms with Crippen molar-refractivity contribution >= 4 is 10.1 Å². The molecule has 78 valence electrons. The van der Waals surface area contributed by atoms with Crippen LogP contribution in [0.2, 0.25) is 0 Å². The Kier molecular flexibility index (Phi) is 4.41. The van der Waals surface area contributed by atoms with E-state index in [1.807, 2.05) is 0 Å². The lowest BCUT2D eigenvalue weighted by Crippen LogP contribution is -2.25. The Bertz CT molecular complexity index is 255. The quantitative estimate of drug-likeness (QED) is 0.306. The predicted molar refractivity (Wildman–Crippen MR) is 40.4 cm³/mol. The second kappa shape index (κ2) is 4.61. The fraction of sp³-hybridized carbons (Fsp3) is 0.667. The smallest absolute Gasteiger partial charge is 0.263 e. The van der Waals surface area contributed by atoms with Crippen molar-refractivity contribution in [3.63, 3.8) is 0 Å². The third kappa shape index (κ3) is 4.28. The van der Waals surface area contributed by atoms with E-state index in [0.717, 1.165) is 0 Å². The molecule has 0 atom stereocenters. The first kappa shape index (κ1) is 12.4. The Balaban J connectivity index is 3.99. The van der Waals surface area contributed by atoms with E-state index in [1.165, 1.54) is 6.08 Å². The summed E-state index contributed by atoms with van der Waals surface area (Å²) >= 11 is 0. The van der Waals surface area contributed by atoms with E-state index in [1.54, 1.807) is 0 Å². The van der Waals surface area contributed by atoms with Crippen LogP contribution >= 0.6 is 0 Å². The number of allylic oxidation sites excluding steroid dienone is 1. The van der Waals surface area contributed by atoms with E-state index >= 15 is 0 Å². The van der Waals surface area contributed by atoms with Gasteiger partial charge in [0.05, 0.1) is 6.61 Å². The van der Waals surface area contributed by atoms with Crippen molar-refractivity contribution < 1.29 is 25.8 Å². The molecule has 0 N–H and O–H groups in total. The zero-order chi connectivity index (χ0) is 10.5. The van der Waals surface area contributed by atoms with Gasteiger partial charge >= 0.3 is 15.6 Å². The summed E-state index contributed by atoms with van der Waals surface area (Å²) < 4.78 is 59.0. The molecule has 0 aliphatic rings. The van der Waals surface area contributed by atoms with Crippen LogP contribution in [0.25, 0.3) is 0 Å². The molecule has 0 rings (SSSR count). The van der Waals surface area contributed by atoms with Gasteiger partial charge in [0.2, 0.25) is 0 Å². The molecule has 0 saturated carbocycles. The fourth-order valence-electron chi connectivity index (χ4n) is 0.463. The van der Waals surface area contributed by atoms with Gasteiger partial charge in [-0.25, -0.2) is 0 Å². The van der Waals surface area contributed by atoms with E-state index in [2.05, 4.69) is 10.8 Å². The first-order valence-electron chi connectivity index (χ1n) is 3.38. The summed E-state index contributed by atoms with van der Waals surface area (Å²) in [6.07, 6.45) is 2.07. The fourth-order valence-corrected chi connectivity index (χ4v) is 0.934. The summed E-state index contributed by atoms with van der Waals surface area (Å²) in [6.45, 7) is 2.84. The highest BCUT2D eigenvalue weighted by Crippen LogP contribution is 2.24. The zero-order valence-corrected chi connectivity index (χ0v) is 7.49. The average Bonchev–Trinajstić information content (AvgIpc) is 1.96. The summed E-state index contributed by atoms with van der Waals surface area (Å²) in [7, 11) is -5.41. The number of hydrogen-bond acceptors (Lipinski definition) is 3. The van der Waals surface area contributed by atoms with E-state index in [0.29, 0.717) is 6.42 Å². The van der Waals surface area contributed by atoms with Crippen molar-refractivity contribution in [2.45, 2.75) is 18.3 Å². The molecular formula is C6H9F3O3S. The molecule has 13 heavy (non-hydrogen) atoms. The molecule has 0 aromatic rings. The Labute approximate surface area is 74.3 Å². The topological polar surface area (TPSA) is 43.4 Å². The number of halogens is 3. The van der Waals surface area contributed by atoms with Crippen molar-refractivity contribution in [3.05, 3.63) is 12.7 Å². The summed E-state index contributed by atoms with van der Waals surface area (Å²) in [5.74, 6) is 0. The number of rotatable bonds is 5. The van der Waals surface area contributed by atoms with Crippen LogP contribution in [0.1, 0.15) is 12.8 Å². The molecule has 0 unspecified atom stereocenters. The van der Waals surface area contributed by atoms with Crippen LogP contribution in [0.5, 0.6) is 0 Å². The number of hydrogen-bond donors (Lipinski definition) is 0. The van der Waals surface area contributed by atoms with Crippen molar-refractivity contribution in [1.82, 2.24) is 0 Å². The summed E-state index contributed by atoms with van der Waals surface area (Å²) in [5.41, 5.74) is -5.33. The zero-order valence-electron chi connectivity index (χ0n) is 6.67. The van der Waals surface area contributed by atoms with Gasteiger partial charge in [-0.2, -0.15) is 21.6 Å². The van der Waals surface area contributed by atoms with E-state index in [4.69, 9.17) is 0 Å². The van der Waals surface area contributed by atoms with E-state index in [-0.39, 0.29) is 6.42 Å². The third-order valence-electron chi connectivity index (χ3n) is 1.07. The van der Waals surface area contributed by atoms with E-state index < -0.39 is 22.2 Å². The average molecular weight is 218 g/mol. The molecule has 0 aromatic carbocycles. The van der Waals surface area contributed by atoms with Gasteiger partial charge < -0.3 is 0 Å². The maximum absolute atomic E-state index is 11.6. The van der Waals surface area contributed by atoms with Crippen molar-refractivity contribution in [2.75, 3.05) is 6.61 Å². The van der Waals surface area contributed by atoms with Crippen LogP contribution in [0.15, 0.2) is 12.7 Å². The first-order chi connectivity index (χ1) is 5.81. The van der Waals surface area contributed by atoms with Gasteiger partial charge in [0.25, 0.3) is 0 Å². The molecular weight excluding hydrogens is 209 g/mol. The lowest BCUT2D eigenvalue weighted by molar-refractivity contribution is -0.0542. The normalized spacial score (nSPS) is 12.8. The molecule has 0 amide bonds. The summed E-state index contributed by atoms with van der Waals surface area (Å²) in [6, 6.07) is 0. The highest BCUT2D eigenvalue weighted by molar-refractivity contribution is 7.87. The Morgan fingerprint density at radius 1 is 1.38 bits per heavy atom. The Morgan fingerprint density at radius 2 is 1.92 bits per heavy atom. The van der Waals surface area contributed by atoms with Gasteiger partial charge in [-0.1, -0.05) is 6.08 Å². The van der Waals surface area contributed by atoms with Gasteiger partial charge in [-0.05, 0) is 12.8 Å². The largest absolute Gasteiger partial charge is 0.523 e. The summed E-state index contributed by atoms with van der Waals surface area (Å²) in [4.78, 5) is 0. The van der Waals surface area contributed by atoms with Crippen LogP contribution in [-0.2, 0) is 14.3 Å². The predicted octanol–water partition coefficient (Wildman–Crippen LogP) is 1.82. The molecule has 0 bridgehead atoms. The third-order valence-corrected chi connectivity index (χ3v) is 2.12. The van der Waals surface area contributed by atoms with Crippen molar-refractivity contribution in [3.8, 4) is 0 Å². The maximum atomic E-state index is 11.6. The Hall–Kier alpha value is -0.560. The van der Waals surface area contributed by atoms with Crippen LogP contribution in [-0.4, -0.2) is 20.5 Å². The molecule has 0 aliphatic carbocycles. The highest BCUT2D eigenvalue weighted by Gasteiger charge is 2.47. The second-order valence-corrected chi connectivity index (χ2v) is 3.76. The SMILES string of the molecule is C=CCCCOS(=O)(=O)C(F)(F)F. The van der Waals surface area contributed by atoms with Crippen LogP contribution in [0.3, 0.4) is 0 Å². The van der Waals surface area contributed by atoms with E-state index in [9.17, 15) is 21.6 Å².